The maximum atomic E-state index is 14.9. The molecule has 0 saturated carbocycles. The van der Waals surface area contributed by atoms with Gasteiger partial charge >= 0.3 is 0 Å². The second kappa shape index (κ2) is 14.5. The zero-order chi connectivity index (χ0) is 33.2. The van der Waals surface area contributed by atoms with Gasteiger partial charge in [0.15, 0.2) is 0 Å². The third kappa shape index (κ3) is 6.02. The lowest BCUT2D eigenvalue weighted by Crippen LogP contribution is -2.56. The Kier molecular flexibility index (Phi) is 10.9. The van der Waals surface area contributed by atoms with Crippen molar-refractivity contribution in [3.05, 3.63) is 78.4 Å². The Bertz CT molecular complexity index is 1470. The van der Waals surface area contributed by atoms with Crippen molar-refractivity contribution in [1.29, 1.82) is 0 Å². The number of aryl methyl sites for hydroxylation is 1. The smallest absolute Gasteiger partial charge is 0.251 e. The summed E-state index contributed by atoms with van der Waals surface area (Å²) in [6.45, 7) is 12.9. The molecule has 2 aromatic rings. The zero-order valence-electron chi connectivity index (χ0n) is 26.2. The van der Waals surface area contributed by atoms with Gasteiger partial charge in [-0.25, -0.2) is 0 Å². The number of aliphatic hydroxyl groups is 1. The van der Waals surface area contributed by atoms with E-state index < -0.39 is 22.6 Å². The Balaban J connectivity index is 1.57. The normalized spacial score (nSPS) is 26.2. The van der Waals surface area contributed by atoms with E-state index in [4.69, 9.17) is 16.3 Å². The van der Waals surface area contributed by atoms with Gasteiger partial charge in [-0.2, -0.15) is 0 Å². The van der Waals surface area contributed by atoms with Crippen LogP contribution in [0.25, 0.3) is 0 Å². The Hall–Kier alpha value is -2.79. The van der Waals surface area contributed by atoms with E-state index in [0.717, 1.165) is 5.56 Å². The van der Waals surface area contributed by atoms with Crippen LogP contribution < -0.4 is 14.5 Å². The number of rotatable bonds is 14. The second-order valence-electron chi connectivity index (χ2n) is 11.9. The Morgan fingerprint density at radius 1 is 1.13 bits per heavy atom. The van der Waals surface area contributed by atoms with E-state index in [2.05, 4.69) is 29.1 Å². The first-order valence-electron chi connectivity index (χ1n) is 15.7. The number of carbonyl (C=O) groups excluding carboxylic acids is 3. The summed E-state index contributed by atoms with van der Waals surface area (Å²) in [4.78, 5) is 49.1. The first kappa shape index (κ1) is 34.5. The molecular weight excluding hydrogens is 690 g/mol. The molecule has 2 bridgehead atoms. The van der Waals surface area contributed by atoms with Gasteiger partial charge < -0.3 is 24.5 Å². The molecule has 8 nitrogen and oxygen atoms in total. The molecule has 5 rings (SSSR count). The molecule has 3 unspecified atom stereocenters. The van der Waals surface area contributed by atoms with Gasteiger partial charge in [0.25, 0.3) is 5.91 Å². The molecule has 6 atom stereocenters. The average molecular weight is 731 g/mol. The number of ether oxygens (including phenoxy) is 1. The summed E-state index contributed by atoms with van der Waals surface area (Å²) in [5.74, 6) is -1.25. The number of unbranched alkanes of at least 4 members (excludes halogenated alkanes) is 1. The van der Waals surface area contributed by atoms with Crippen molar-refractivity contribution in [1.82, 2.24) is 4.90 Å². The molecule has 3 aliphatic heterocycles. The van der Waals surface area contributed by atoms with Gasteiger partial charge in [-0.3, -0.25) is 14.4 Å². The fourth-order valence-electron chi connectivity index (χ4n) is 7.38. The number of aliphatic hydroxyl groups excluding tert-OH is 1. The SMILES string of the molecule is C=CCN(C(=O)[C@H]1[C@H]2C(=O)N(CCCCO)C(C(=O)N(CC=C)c3c(C)cccc3Cl)C23CC(Br)[C@@H]1S3)c1ccc(OCC)cc1. The first-order chi connectivity index (χ1) is 22.1. The molecule has 246 valence electrons. The maximum absolute atomic E-state index is 14.9. The largest absolute Gasteiger partial charge is 0.494 e. The van der Waals surface area contributed by atoms with Crippen LogP contribution in [0.1, 0.15) is 31.7 Å². The van der Waals surface area contributed by atoms with Crippen LogP contribution in [0.4, 0.5) is 11.4 Å². The van der Waals surface area contributed by atoms with Crippen molar-refractivity contribution in [2.75, 3.05) is 42.6 Å². The van der Waals surface area contributed by atoms with Gasteiger partial charge in [0.1, 0.15) is 11.8 Å². The van der Waals surface area contributed by atoms with Gasteiger partial charge in [-0.05, 0) is 69.0 Å². The average Bonchev–Trinajstić information content (AvgIpc) is 3.62. The quantitative estimate of drug-likeness (QED) is 0.145. The van der Waals surface area contributed by atoms with Crippen LogP contribution in [-0.4, -0.2) is 81.4 Å². The molecule has 3 heterocycles. The van der Waals surface area contributed by atoms with Gasteiger partial charge in [0.05, 0.1) is 33.9 Å². The predicted octanol–water partition coefficient (Wildman–Crippen LogP) is 6.02. The summed E-state index contributed by atoms with van der Waals surface area (Å²) in [5, 5.41) is 9.78. The van der Waals surface area contributed by atoms with Crippen molar-refractivity contribution >= 4 is 68.4 Å². The minimum absolute atomic E-state index is 0.0172. The van der Waals surface area contributed by atoms with Crippen molar-refractivity contribution in [3.8, 4) is 5.75 Å². The number of alkyl halides is 1. The number of likely N-dealkylation sites (tertiary alicyclic amines) is 1. The number of nitrogens with zero attached hydrogens (tertiary/aromatic N) is 3. The molecule has 0 aromatic heterocycles. The highest BCUT2D eigenvalue weighted by Gasteiger charge is 2.76. The molecule has 0 radical (unpaired) electrons. The van der Waals surface area contributed by atoms with Crippen molar-refractivity contribution < 1.29 is 24.2 Å². The summed E-state index contributed by atoms with van der Waals surface area (Å²) < 4.78 is 4.77. The van der Waals surface area contributed by atoms with E-state index >= 15 is 0 Å². The molecule has 3 fully saturated rings. The van der Waals surface area contributed by atoms with Crippen LogP contribution in [-0.2, 0) is 14.4 Å². The van der Waals surface area contributed by atoms with Crippen LogP contribution >= 0.6 is 39.3 Å². The number of anilines is 2. The van der Waals surface area contributed by atoms with E-state index in [0.29, 0.717) is 54.6 Å². The molecule has 0 aliphatic carbocycles. The van der Waals surface area contributed by atoms with Gasteiger partial charge in [0.2, 0.25) is 11.8 Å². The summed E-state index contributed by atoms with van der Waals surface area (Å²) >= 11 is 12.2. The minimum atomic E-state index is -0.834. The molecular formula is C35H41BrClN3O5S. The third-order valence-corrected chi connectivity index (χ3v) is 12.7. The standard InChI is InChI=1S/C35H41BrClN3O5S/c1-5-17-38(23-13-15-24(16-14-23)45-7-3)32(42)27-28-33(43)40(19-8-9-20-41)31(35(28)21-25(36)30(27)46-35)34(44)39(18-6-2)29-22(4)11-10-12-26(29)37/h5-6,10-16,25,27-28,30-31,41H,1-2,7-9,17-21H2,3-4H3/t25?,27-,28-,30-,31?,35?/m0/s1. The summed E-state index contributed by atoms with van der Waals surface area (Å²) in [6.07, 6.45) is 4.92. The van der Waals surface area contributed by atoms with E-state index in [-0.39, 0.29) is 47.5 Å². The lowest BCUT2D eigenvalue weighted by molar-refractivity contribution is -0.139. The summed E-state index contributed by atoms with van der Waals surface area (Å²) in [7, 11) is 0. The molecule has 3 saturated heterocycles. The van der Waals surface area contributed by atoms with Crippen LogP contribution in [0.2, 0.25) is 5.02 Å². The summed E-state index contributed by atoms with van der Waals surface area (Å²) in [5.41, 5.74) is 2.11. The fraction of sp³-hybridized carbons (Fsp3) is 0.457. The number of fused-ring (bicyclic) bond motifs is 1. The Morgan fingerprint density at radius 3 is 2.46 bits per heavy atom. The van der Waals surface area contributed by atoms with E-state index in [1.165, 1.54) is 0 Å². The monoisotopic (exact) mass is 729 g/mol. The lowest BCUT2D eigenvalue weighted by Gasteiger charge is -2.39. The number of benzene rings is 2. The van der Waals surface area contributed by atoms with Gasteiger partial charge in [-0.15, -0.1) is 24.9 Å². The molecule has 2 aromatic carbocycles. The molecule has 1 N–H and O–H groups in total. The fourth-order valence-corrected chi connectivity index (χ4v) is 11.3. The number of halogens is 2. The molecule has 11 heteroatoms. The molecule has 46 heavy (non-hydrogen) atoms. The van der Waals surface area contributed by atoms with Crippen LogP contribution in [0.3, 0.4) is 0 Å². The number of para-hydroxylation sites is 1. The van der Waals surface area contributed by atoms with Gasteiger partial charge in [-0.1, -0.05) is 51.8 Å². The predicted molar refractivity (Wildman–Crippen MR) is 189 cm³/mol. The van der Waals surface area contributed by atoms with Crippen molar-refractivity contribution in [2.45, 2.75) is 54.0 Å². The molecule has 1 spiro atoms. The lowest BCUT2D eigenvalue weighted by atomic mass is 9.70. The van der Waals surface area contributed by atoms with Crippen molar-refractivity contribution in [3.63, 3.8) is 0 Å². The molecule has 3 amide bonds. The number of thioether (sulfide) groups is 1. The Morgan fingerprint density at radius 2 is 1.83 bits per heavy atom. The van der Waals surface area contributed by atoms with Crippen molar-refractivity contribution in [2.24, 2.45) is 11.8 Å². The number of hydrogen-bond donors (Lipinski definition) is 1. The van der Waals surface area contributed by atoms with Gasteiger partial charge in [0, 0.05) is 42.0 Å². The Labute approximate surface area is 288 Å². The van der Waals surface area contributed by atoms with Crippen LogP contribution in [0.5, 0.6) is 5.75 Å². The summed E-state index contributed by atoms with van der Waals surface area (Å²) in [6, 6.07) is 12.0. The highest BCUT2D eigenvalue weighted by atomic mass is 79.9. The number of carbonyl (C=O) groups is 3. The highest BCUT2D eigenvalue weighted by molar-refractivity contribution is 9.09. The highest BCUT2D eigenvalue weighted by Crippen LogP contribution is 2.68. The third-order valence-electron chi connectivity index (χ3n) is 9.19. The van der Waals surface area contributed by atoms with E-state index in [1.807, 2.05) is 50.2 Å². The van der Waals surface area contributed by atoms with E-state index in [9.17, 15) is 19.5 Å². The maximum Gasteiger partial charge on any atom is 0.251 e. The second-order valence-corrected chi connectivity index (χ2v) is 15.1. The van der Waals surface area contributed by atoms with Crippen LogP contribution in [0, 0.1) is 18.8 Å². The number of amides is 3. The molecule has 3 aliphatic rings. The van der Waals surface area contributed by atoms with Crippen LogP contribution in [0.15, 0.2) is 67.8 Å². The topological polar surface area (TPSA) is 90.4 Å². The zero-order valence-corrected chi connectivity index (χ0v) is 29.4. The van der Waals surface area contributed by atoms with E-state index in [1.54, 1.807) is 44.7 Å². The number of hydrogen-bond acceptors (Lipinski definition) is 6. The minimum Gasteiger partial charge on any atom is -0.494 e. The first-order valence-corrected chi connectivity index (χ1v) is 17.9.